The van der Waals surface area contributed by atoms with Gasteiger partial charge in [0.15, 0.2) is 0 Å². The molecule has 1 N–H and O–H groups in total. The van der Waals surface area contributed by atoms with Crippen molar-refractivity contribution in [2.45, 2.75) is 33.1 Å². The Kier molecular flexibility index (Phi) is 3.15. The van der Waals surface area contributed by atoms with Crippen molar-refractivity contribution in [3.8, 4) is 5.69 Å². The van der Waals surface area contributed by atoms with Gasteiger partial charge in [-0.25, -0.2) is 9.37 Å². The van der Waals surface area contributed by atoms with Crippen LogP contribution >= 0.6 is 0 Å². The largest absolute Gasteiger partial charge is 0.382 e. The second-order valence-electron chi connectivity index (χ2n) is 6.56. The lowest BCUT2D eigenvalue weighted by Crippen LogP contribution is -2.04. The average molecular weight is 309 g/mol. The Bertz CT molecular complexity index is 909. The van der Waals surface area contributed by atoms with E-state index in [1.807, 2.05) is 13.0 Å². The Morgan fingerprint density at radius 2 is 2.04 bits per heavy atom. The number of pyridine rings is 1. The molecule has 4 heteroatoms. The number of anilines is 1. The molecule has 0 spiro atoms. The van der Waals surface area contributed by atoms with Crippen LogP contribution in [-0.4, -0.2) is 16.1 Å². The molecule has 0 saturated heterocycles. The van der Waals surface area contributed by atoms with E-state index in [1.54, 1.807) is 6.07 Å². The number of hydrogen-bond donors (Lipinski definition) is 1. The molecule has 1 aliphatic rings. The molecule has 118 valence electrons. The lowest BCUT2D eigenvalue weighted by atomic mass is 10.1. The number of benzene rings is 1. The summed E-state index contributed by atoms with van der Waals surface area (Å²) in [4.78, 5) is 4.70. The number of halogens is 1. The van der Waals surface area contributed by atoms with Gasteiger partial charge in [0.25, 0.3) is 0 Å². The molecular formula is C19H20FN3. The predicted molar refractivity (Wildman–Crippen MR) is 92.0 cm³/mol. The molecule has 0 atom stereocenters. The summed E-state index contributed by atoms with van der Waals surface area (Å²) < 4.78 is 16.6. The van der Waals surface area contributed by atoms with Crippen molar-refractivity contribution < 1.29 is 4.39 Å². The van der Waals surface area contributed by atoms with E-state index in [9.17, 15) is 4.39 Å². The van der Waals surface area contributed by atoms with Crippen molar-refractivity contribution in [3.05, 3.63) is 53.1 Å². The third kappa shape index (κ3) is 2.21. The zero-order chi connectivity index (χ0) is 16.1. The second-order valence-corrected chi connectivity index (χ2v) is 6.56. The molecular weight excluding hydrogens is 289 g/mol. The Balaban J connectivity index is 2.03. The molecule has 0 amide bonds. The van der Waals surface area contributed by atoms with Crippen LogP contribution in [0.4, 0.5) is 10.1 Å². The Morgan fingerprint density at radius 3 is 2.83 bits per heavy atom. The minimum absolute atomic E-state index is 0.181. The summed E-state index contributed by atoms with van der Waals surface area (Å²) in [5.74, 6) is 0.151. The van der Waals surface area contributed by atoms with Gasteiger partial charge in [0, 0.05) is 29.4 Å². The van der Waals surface area contributed by atoms with Gasteiger partial charge in [-0.15, -0.1) is 0 Å². The smallest absolute Gasteiger partial charge is 0.148 e. The van der Waals surface area contributed by atoms with Crippen molar-refractivity contribution >= 4 is 16.7 Å². The van der Waals surface area contributed by atoms with Gasteiger partial charge in [-0.3, -0.25) is 4.57 Å². The monoisotopic (exact) mass is 309 g/mol. The lowest BCUT2D eigenvalue weighted by molar-refractivity contribution is 0.630. The van der Waals surface area contributed by atoms with Crippen molar-refractivity contribution in [2.24, 2.45) is 0 Å². The SMILES string of the molecule is Cc1ccc2cc(C(C)C)n(-c3cc(F)c4c(c3)CCN4)c2n1. The summed E-state index contributed by atoms with van der Waals surface area (Å²) in [7, 11) is 0. The number of fused-ring (bicyclic) bond motifs is 2. The molecule has 23 heavy (non-hydrogen) atoms. The lowest BCUT2D eigenvalue weighted by Gasteiger charge is -2.15. The Labute approximate surface area is 135 Å². The van der Waals surface area contributed by atoms with Gasteiger partial charge in [0.1, 0.15) is 11.5 Å². The van der Waals surface area contributed by atoms with Crippen LogP contribution in [0.3, 0.4) is 0 Å². The number of aromatic nitrogens is 2. The first-order chi connectivity index (χ1) is 11.0. The number of hydrogen-bond acceptors (Lipinski definition) is 2. The van der Waals surface area contributed by atoms with Gasteiger partial charge >= 0.3 is 0 Å². The first-order valence-corrected chi connectivity index (χ1v) is 8.10. The zero-order valence-corrected chi connectivity index (χ0v) is 13.7. The highest BCUT2D eigenvalue weighted by atomic mass is 19.1. The van der Waals surface area contributed by atoms with E-state index in [4.69, 9.17) is 4.98 Å². The van der Waals surface area contributed by atoms with Gasteiger partial charge in [-0.1, -0.05) is 13.8 Å². The van der Waals surface area contributed by atoms with Crippen LogP contribution in [0.2, 0.25) is 0 Å². The average Bonchev–Trinajstić information content (AvgIpc) is 3.10. The highest BCUT2D eigenvalue weighted by Crippen LogP contribution is 2.33. The van der Waals surface area contributed by atoms with Gasteiger partial charge in [0.2, 0.25) is 0 Å². The molecule has 0 unspecified atom stereocenters. The normalized spacial score (nSPS) is 13.6. The van der Waals surface area contributed by atoms with E-state index in [1.165, 1.54) is 0 Å². The highest BCUT2D eigenvalue weighted by molar-refractivity contribution is 5.80. The number of aryl methyl sites for hydroxylation is 1. The maximum Gasteiger partial charge on any atom is 0.148 e. The number of nitrogens with one attached hydrogen (secondary N) is 1. The quantitative estimate of drug-likeness (QED) is 0.752. The minimum atomic E-state index is -0.181. The van der Waals surface area contributed by atoms with Crippen molar-refractivity contribution in [1.82, 2.24) is 9.55 Å². The molecule has 0 saturated carbocycles. The fourth-order valence-corrected chi connectivity index (χ4v) is 3.38. The zero-order valence-electron chi connectivity index (χ0n) is 13.7. The van der Waals surface area contributed by atoms with Gasteiger partial charge in [-0.2, -0.15) is 0 Å². The second kappa shape index (κ2) is 5.08. The molecule has 1 aliphatic heterocycles. The first kappa shape index (κ1) is 14.2. The predicted octanol–water partition coefficient (Wildman–Crippen LogP) is 4.56. The maximum atomic E-state index is 14.5. The van der Waals surface area contributed by atoms with Crippen LogP contribution in [-0.2, 0) is 6.42 Å². The molecule has 0 aliphatic carbocycles. The Hall–Kier alpha value is -2.36. The molecule has 1 aromatic carbocycles. The molecule has 3 nitrogen and oxygen atoms in total. The third-order valence-corrected chi connectivity index (χ3v) is 4.52. The third-order valence-electron chi connectivity index (χ3n) is 4.52. The van der Waals surface area contributed by atoms with E-state index >= 15 is 0 Å². The van der Waals surface area contributed by atoms with Crippen LogP contribution in [0.1, 0.15) is 36.7 Å². The van der Waals surface area contributed by atoms with Crippen molar-refractivity contribution in [1.29, 1.82) is 0 Å². The van der Waals surface area contributed by atoms with Crippen molar-refractivity contribution in [3.63, 3.8) is 0 Å². The molecule has 3 aromatic rings. The first-order valence-electron chi connectivity index (χ1n) is 8.10. The molecule has 2 aromatic heterocycles. The summed E-state index contributed by atoms with van der Waals surface area (Å²) >= 11 is 0. The summed E-state index contributed by atoms with van der Waals surface area (Å²) in [6.45, 7) is 7.10. The Morgan fingerprint density at radius 1 is 1.22 bits per heavy atom. The van der Waals surface area contributed by atoms with E-state index in [-0.39, 0.29) is 5.82 Å². The minimum Gasteiger partial charge on any atom is -0.382 e. The molecule has 3 heterocycles. The summed E-state index contributed by atoms with van der Waals surface area (Å²) in [6, 6.07) is 9.98. The van der Waals surface area contributed by atoms with Crippen LogP contribution in [0.25, 0.3) is 16.7 Å². The standard InChI is InChI=1S/C19H20FN3/c1-11(2)17-9-14-5-4-12(3)22-19(14)23(17)15-8-13-6-7-21-18(13)16(20)10-15/h4-5,8-11,21H,6-7H2,1-3H3. The van der Waals surface area contributed by atoms with E-state index < -0.39 is 0 Å². The fourth-order valence-electron chi connectivity index (χ4n) is 3.38. The van der Waals surface area contributed by atoms with Crippen LogP contribution in [0.15, 0.2) is 30.3 Å². The topological polar surface area (TPSA) is 29.9 Å². The maximum absolute atomic E-state index is 14.5. The number of rotatable bonds is 2. The molecule has 0 fully saturated rings. The van der Waals surface area contributed by atoms with Gasteiger partial charge < -0.3 is 5.32 Å². The number of nitrogens with zero attached hydrogens (tertiary/aromatic N) is 2. The molecule has 4 rings (SSSR count). The highest BCUT2D eigenvalue weighted by Gasteiger charge is 2.20. The molecule has 0 radical (unpaired) electrons. The van der Waals surface area contributed by atoms with Crippen LogP contribution in [0, 0.1) is 12.7 Å². The fraction of sp³-hybridized carbons (Fsp3) is 0.316. The summed E-state index contributed by atoms with van der Waals surface area (Å²) in [6.07, 6.45) is 0.864. The molecule has 0 bridgehead atoms. The summed E-state index contributed by atoms with van der Waals surface area (Å²) in [5.41, 5.74) is 5.59. The summed E-state index contributed by atoms with van der Waals surface area (Å²) in [5, 5.41) is 4.22. The van der Waals surface area contributed by atoms with Crippen molar-refractivity contribution in [2.75, 3.05) is 11.9 Å². The van der Waals surface area contributed by atoms with Gasteiger partial charge in [0.05, 0.1) is 11.4 Å². The van der Waals surface area contributed by atoms with Gasteiger partial charge in [-0.05, 0) is 49.1 Å². The van der Waals surface area contributed by atoms with Crippen LogP contribution in [0.5, 0.6) is 0 Å². The van der Waals surface area contributed by atoms with E-state index in [0.29, 0.717) is 11.6 Å². The van der Waals surface area contributed by atoms with E-state index in [2.05, 4.69) is 41.9 Å². The van der Waals surface area contributed by atoms with Crippen LogP contribution < -0.4 is 5.32 Å². The van der Waals surface area contributed by atoms with E-state index in [0.717, 1.165) is 46.6 Å².